The molecule has 75 heavy (non-hydrogen) atoms. The summed E-state index contributed by atoms with van der Waals surface area (Å²) in [6, 6.07) is 31.5. The van der Waals surface area contributed by atoms with Crippen LogP contribution in [0.2, 0.25) is 15.1 Å². The van der Waals surface area contributed by atoms with Gasteiger partial charge in [0.2, 0.25) is 0 Å². The molecule has 0 bridgehead atoms. The fraction of sp³-hybridized carbons (Fsp3) is 0.268. The van der Waals surface area contributed by atoms with E-state index in [1.165, 1.54) is 17.0 Å². The molecule has 0 aromatic heterocycles. The van der Waals surface area contributed by atoms with Gasteiger partial charge in [-0.3, -0.25) is 33.8 Å². The number of amides is 5. The van der Waals surface area contributed by atoms with Gasteiger partial charge < -0.3 is 29.9 Å². The average Bonchev–Trinajstić information content (AvgIpc) is 3.75. The van der Waals surface area contributed by atoms with Gasteiger partial charge in [0.15, 0.2) is 0 Å². The van der Waals surface area contributed by atoms with Crippen LogP contribution in [0.4, 0.5) is 24.5 Å². The number of ether oxygens (including phenoxy) is 2. The van der Waals surface area contributed by atoms with Gasteiger partial charge in [-0.1, -0.05) is 77.3 Å². The minimum Gasteiger partial charge on any atom is -0.493 e. The standard InChI is InChI=1S/C20H21ClN2O3.C18H13ClF3NO3.C18H22ClN3O/c1-13-11-14(7-8-16(13)21)12-23-19(24)15-5-4-6-17(18(15)20(23)25)26-10-9-22(2)3;1-2-26-14-5-3-4-11-15(14)17(25)23(16(11)24)9-10-6-7-13(19)12(8-10)18(20,21)22;1-13-12-14(8-9-16(13)19)21-18(23)15-6-4-5-7-17(15)20-10-11-22(2)3/h4-8,11H,9-10,12H2,1-3H3;3-8H,2,9H2,1H3;4-9,12,20H,10-11H2,1-3H3,(H,21,23). The van der Waals surface area contributed by atoms with Crippen LogP contribution in [0.1, 0.15) is 86.5 Å². The molecule has 8 rings (SSSR count). The zero-order valence-corrected chi connectivity index (χ0v) is 44.6. The first-order chi connectivity index (χ1) is 35.6. The lowest BCUT2D eigenvalue weighted by Crippen LogP contribution is -2.29. The Morgan fingerprint density at radius 2 is 1.13 bits per heavy atom. The lowest BCUT2D eigenvalue weighted by Gasteiger charge is -2.16. The van der Waals surface area contributed by atoms with Crippen molar-refractivity contribution in [2.24, 2.45) is 0 Å². The van der Waals surface area contributed by atoms with E-state index in [4.69, 9.17) is 44.3 Å². The van der Waals surface area contributed by atoms with Crippen LogP contribution in [0.5, 0.6) is 11.5 Å². The Morgan fingerprint density at radius 1 is 0.613 bits per heavy atom. The first-order valence-corrected chi connectivity index (χ1v) is 24.8. The zero-order chi connectivity index (χ0) is 54.7. The van der Waals surface area contributed by atoms with Gasteiger partial charge in [-0.2, -0.15) is 13.2 Å². The summed E-state index contributed by atoms with van der Waals surface area (Å²) in [5.41, 5.74) is 5.07. The SMILES string of the molecule is CCOc1cccc2c1C(=O)N(Cc1ccc(Cl)c(C(F)(F)F)c1)C2=O.Cc1cc(CN2C(=O)c3cccc(OCCN(C)C)c3C2=O)ccc1Cl.Cc1cc(NC(=O)c2ccccc2NCCN(C)C)ccc1Cl. The number of aryl methyl sites for hydroxylation is 2. The molecule has 394 valence electrons. The number of hydrogen-bond donors (Lipinski definition) is 2. The Balaban J connectivity index is 0.000000183. The number of rotatable bonds is 16. The molecule has 0 atom stereocenters. The van der Waals surface area contributed by atoms with E-state index in [1.54, 1.807) is 55.5 Å². The lowest BCUT2D eigenvalue weighted by atomic mass is 10.1. The van der Waals surface area contributed by atoms with Gasteiger partial charge in [-0.15, -0.1) is 0 Å². The molecule has 0 saturated heterocycles. The molecule has 6 aromatic carbocycles. The third kappa shape index (κ3) is 14.5. The number of likely N-dealkylation sites (N-methyl/N-ethyl adjacent to an activating group) is 2. The van der Waals surface area contributed by atoms with Crippen LogP contribution in [-0.2, 0) is 19.3 Å². The van der Waals surface area contributed by atoms with E-state index in [9.17, 15) is 37.1 Å². The molecule has 0 spiro atoms. The normalized spacial score (nSPS) is 12.8. The van der Waals surface area contributed by atoms with Gasteiger partial charge in [0.1, 0.15) is 18.1 Å². The van der Waals surface area contributed by atoms with Crippen molar-refractivity contribution < 1.29 is 46.6 Å². The van der Waals surface area contributed by atoms with Crippen molar-refractivity contribution in [2.45, 2.75) is 40.0 Å². The number of imide groups is 2. The van der Waals surface area contributed by atoms with Crippen molar-refractivity contribution in [3.8, 4) is 11.5 Å². The smallest absolute Gasteiger partial charge is 0.417 e. The highest BCUT2D eigenvalue weighted by Crippen LogP contribution is 2.37. The highest BCUT2D eigenvalue weighted by atomic mass is 35.5. The van der Waals surface area contributed by atoms with Crippen LogP contribution >= 0.6 is 34.8 Å². The molecule has 19 heteroatoms. The molecule has 6 aromatic rings. The summed E-state index contributed by atoms with van der Waals surface area (Å²) in [7, 11) is 7.93. The number of anilines is 2. The van der Waals surface area contributed by atoms with Crippen molar-refractivity contribution >= 4 is 75.7 Å². The van der Waals surface area contributed by atoms with E-state index in [0.29, 0.717) is 45.7 Å². The summed E-state index contributed by atoms with van der Waals surface area (Å²) in [6.07, 6.45) is -4.63. The van der Waals surface area contributed by atoms with Gasteiger partial charge in [0, 0.05) is 41.1 Å². The minimum atomic E-state index is -4.63. The Hall–Kier alpha value is -6.95. The van der Waals surface area contributed by atoms with E-state index < -0.39 is 28.6 Å². The Bertz CT molecular complexity index is 3100. The summed E-state index contributed by atoms with van der Waals surface area (Å²) < 4.78 is 50.1. The Morgan fingerprint density at radius 3 is 1.67 bits per heavy atom. The average molecular weight is 1090 g/mol. The number of hydrogen-bond acceptors (Lipinski definition) is 10. The molecule has 5 amide bonds. The third-order valence-electron chi connectivity index (χ3n) is 11.7. The number of alkyl halides is 3. The predicted molar refractivity (Wildman–Crippen MR) is 287 cm³/mol. The molecule has 0 fully saturated rings. The van der Waals surface area contributed by atoms with Crippen LogP contribution in [0.15, 0.2) is 115 Å². The van der Waals surface area contributed by atoms with Crippen molar-refractivity contribution in [3.05, 3.63) is 186 Å². The van der Waals surface area contributed by atoms with Crippen LogP contribution in [0.3, 0.4) is 0 Å². The minimum absolute atomic E-state index is 0.129. The lowest BCUT2D eigenvalue weighted by molar-refractivity contribution is -0.137. The number of para-hydroxylation sites is 1. The van der Waals surface area contributed by atoms with Gasteiger partial charge in [0.05, 0.1) is 58.1 Å². The van der Waals surface area contributed by atoms with E-state index in [1.807, 2.05) is 89.4 Å². The number of fused-ring (bicyclic) bond motifs is 2. The second kappa shape index (κ2) is 25.5. The topological polar surface area (TPSA) is 141 Å². The quantitative estimate of drug-likeness (QED) is 0.0900. The van der Waals surface area contributed by atoms with Crippen molar-refractivity contribution in [2.75, 3.05) is 71.7 Å². The molecular weight excluding hydrogens is 1030 g/mol. The second-order valence-electron chi connectivity index (χ2n) is 17.9. The summed E-state index contributed by atoms with van der Waals surface area (Å²) >= 11 is 17.7. The van der Waals surface area contributed by atoms with Gasteiger partial charge in [0.25, 0.3) is 29.5 Å². The summed E-state index contributed by atoms with van der Waals surface area (Å²) in [5, 5.41) is 7.13. The highest BCUT2D eigenvalue weighted by Gasteiger charge is 2.40. The number of nitrogens with one attached hydrogen (secondary N) is 2. The first kappa shape index (κ1) is 57.3. The Labute approximate surface area is 449 Å². The fourth-order valence-electron chi connectivity index (χ4n) is 7.86. The van der Waals surface area contributed by atoms with Gasteiger partial charge >= 0.3 is 6.18 Å². The maximum atomic E-state index is 13.0. The number of carbonyl (C=O) groups is 5. The van der Waals surface area contributed by atoms with E-state index >= 15 is 0 Å². The van der Waals surface area contributed by atoms with Gasteiger partial charge in [-0.05, 0) is 144 Å². The summed E-state index contributed by atoms with van der Waals surface area (Å²) in [6.45, 7) is 8.61. The van der Waals surface area contributed by atoms with Crippen molar-refractivity contribution in [3.63, 3.8) is 0 Å². The molecule has 2 aliphatic heterocycles. The summed E-state index contributed by atoms with van der Waals surface area (Å²) in [4.78, 5) is 69.5. The number of benzene rings is 6. The largest absolute Gasteiger partial charge is 0.493 e. The van der Waals surface area contributed by atoms with Gasteiger partial charge in [-0.25, -0.2) is 0 Å². The highest BCUT2D eigenvalue weighted by molar-refractivity contribution is 6.32. The van der Waals surface area contributed by atoms with E-state index in [-0.39, 0.29) is 53.3 Å². The number of nitrogens with zero attached hydrogens (tertiary/aromatic N) is 4. The first-order valence-electron chi connectivity index (χ1n) is 23.6. The van der Waals surface area contributed by atoms with Crippen LogP contribution in [-0.4, -0.2) is 110 Å². The third-order valence-corrected chi connectivity index (χ3v) is 12.9. The molecule has 0 saturated carbocycles. The monoisotopic (exact) mass is 1090 g/mol. The number of halogens is 6. The molecule has 2 aliphatic rings. The van der Waals surface area contributed by atoms with E-state index in [0.717, 1.165) is 64.7 Å². The number of carbonyl (C=O) groups excluding carboxylic acids is 5. The summed E-state index contributed by atoms with van der Waals surface area (Å²) in [5.74, 6) is -1.20. The maximum Gasteiger partial charge on any atom is 0.417 e. The second-order valence-corrected chi connectivity index (χ2v) is 19.1. The van der Waals surface area contributed by atoms with E-state index in [2.05, 4.69) is 15.5 Å². The van der Waals surface area contributed by atoms with Crippen LogP contribution in [0, 0.1) is 13.8 Å². The molecule has 13 nitrogen and oxygen atoms in total. The zero-order valence-electron chi connectivity index (χ0n) is 42.3. The molecule has 2 N–H and O–H groups in total. The molecule has 0 unspecified atom stereocenters. The predicted octanol–water partition coefficient (Wildman–Crippen LogP) is 11.8. The molecule has 0 radical (unpaired) electrons. The molecule has 2 heterocycles. The van der Waals surface area contributed by atoms with Crippen molar-refractivity contribution in [1.29, 1.82) is 0 Å². The van der Waals surface area contributed by atoms with Crippen LogP contribution in [0.25, 0.3) is 0 Å². The maximum absolute atomic E-state index is 13.0. The molecular formula is C56H56Cl3F3N6O7. The molecule has 0 aliphatic carbocycles. The van der Waals surface area contributed by atoms with Crippen molar-refractivity contribution in [1.82, 2.24) is 19.6 Å². The fourth-order valence-corrected chi connectivity index (χ4v) is 8.31. The Kier molecular flexibility index (Phi) is 19.5. The van der Waals surface area contributed by atoms with Crippen LogP contribution < -0.4 is 20.1 Å².